The van der Waals surface area contributed by atoms with Gasteiger partial charge in [-0.05, 0) is 13.8 Å². The summed E-state index contributed by atoms with van der Waals surface area (Å²) in [5, 5.41) is 14.7. The lowest BCUT2D eigenvalue weighted by Gasteiger charge is -2.35. The number of aromatic nitrogens is 6. The lowest BCUT2D eigenvalue weighted by Crippen LogP contribution is -2.53. The first-order valence-electron chi connectivity index (χ1n) is 9.30. The second kappa shape index (κ2) is 7.59. The molecule has 1 atom stereocenters. The fourth-order valence-corrected chi connectivity index (χ4v) is 3.31. The van der Waals surface area contributed by atoms with Crippen molar-refractivity contribution in [3.8, 4) is 0 Å². The number of carbonyl (C=O) groups is 2. The molecule has 152 valence electrons. The Morgan fingerprint density at radius 2 is 2.17 bits per heavy atom. The lowest BCUT2D eigenvalue weighted by atomic mass is 10.1. The van der Waals surface area contributed by atoms with E-state index < -0.39 is 0 Å². The van der Waals surface area contributed by atoms with Crippen LogP contribution >= 0.6 is 0 Å². The number of nitrogens with one attached hydrogen (secondary N) is 1. The Labute approximate surface area is 166 Å². The highest BCUT2D eigenvalue weighted by molar-refractivity contribution is 5.96. The van der Waals surface area contributed by atoms with Crippen LogP contribution < -0.4 is 5.32 Å². The molecule has 4 rings (SSSR count). The normalized spacial score (nSPS) is 16.9. The number of ether oxygens (including phenoxy) is 1. The molecule has 0 aromatic carbocycles. The van der Waals surface area contributed by atoms with Gasteiger partial charge in [0, 0.05) is 32.4 Å². The minimum atomic E-state index is -0.329. The highest BCUT2D eigenvalue weighted by Gasteiger charge is 2.30. The van der Waals surface area contributed by atoms with Gasteiger partial charge in [-0.3, -0.25) is 14.3 Å². The molecule has 11 nitrogen and oxygen atoms in total. The first-order valence-corrected chi connectivity index (χ1v) is 9.30. The first kappa shape index (κ1) is 19.0. The van der Waals surface area contributed by atoms with Crippen LogP contribution in [0.25, 0.3) is 5.65 Å². The number of amides is 2. The van der Waals surface area contributed by atoms with Crippen molar-refractivity contribution in [2.45, 2.75) is 19.9 Å². The number of aryl methyl sites for hydroxylation is 2. The molecule has 1 fully saturated rings. The molecule has 4 heterocycles. The maximum absolute atomic E-state index is 13.2. The Hall–Kier alpha value is -3.34. The number of fused-ring (bicyclic) bond motifs is 1. The van der Waals surface area contributed by atoms with Crippen molar-refractivity contribution < 1.29 is 14.3 Å². The van der Waals surface area contributed by atoms with Crippen molar-refractivity contribution in [1.82, 2.24) is 39.8 Å². The Kier molecular flexibility index (Phi) is 4.97. The van der Waals surface area contributed by atoms with Crippen LogP contribution in [0.4, 0.5) is 0 Å². The average molecular weight is 398 g/mol. The molecule has 1 N–H and O–H groups in total. The van der Waals surface area contributed by atoms with Gasteiger partial charge in [-0.25, -0.2) is 9.50 Å². The topological polar surface area (TPSA) is 120 Å². The molecule has 0 spiro atoms. The summed E-state index contributed by atoms with van der Waals surface area (Å²) in [5.41, 5.74) is 2.73. The third-order valence-electron chi connectivity index (χ3n) is 5.11. The van der Waals surface area contributed by atoms with E-state index in [0.29, 0.717) is 42.4 Å². The lowest BCUT2D eigenvalue weighted by molar-refractivity contribution is -0.00141. The van der Waals surface area contributed by atoms with Gasteiger partial charge < -0.3 is 15.0 Å². The van der Waals surface area contributed by atoms with E-state index in [1.807, 2.05) is 0 Å². The molecule has 29 heavy (non-hydrogen) atoms. The number of morpholine rings is 1. The number of hydrogen-bond acceptors (Lipinski definition) is 7. The standard InChI is InChI=1S/C18H22N8O3/c1-11-14(9-26-15(21-11)4-5-20-26)18(28)25-6-7-29-10-13(25)8-19-17(27)16-12(2)24(3)23-22-16/h4-5,9,13H,6-8,10H2,1-3H3,(H,19,27). The molecule has 1 aliphatic rings. The van der Waals surface area contributed by atoms with Gasteiger partial charge >= 0.3 is 0 Å². The van der Waals surface area contributed by atoms with Crippen molar-refractivity contribution >= 4 is 17.5 Å². The van der Waals surface area contributed by atoms with Crippen LogP contribution in [0.2, 0.25) is 0 Å². The second-order valence-electron chi connectivity index (χ2n) is 6.96. The maximum atomic E-state index is 13.2. The van der Waals surface area contributed by atoms with E-state index in [1.165, 1.54) is 4.68 Å². The highest BCUT2D eigenvalue weighted by Crippen LogP contribution is 2.16. The maximum Gasteiger partial charge on any atom is 0.273 e. The van der Waals surface area contributed by atoms with E-state index in [0.717, 1.165) is 0 Å². The van der Waals surface area contributed by atoms with Crippen molar-refractivity contribution in [3.63, 3.8) is 0 Å². The van der Waals surface area contributed by atoms with Crippen LogP contribution in [0.15, 0.2) is 18.5 Å². The first-order chi connectivity index (χ1) is 14.0. The van der Waals surface area contributed by atoms with Crippen LogP contribution in [-0.2, 0) is 11.8 Å². The van der Waals surface area contributed by atoms with Gasteiger partial charge in [-0.1, -0.05) is 5.21 Å². The third kappa shape index (κ3) is 3.56. The van der Waals surface area contributed by atoms with Gasteiger partial charge in [0.1, 0.15) is 0 Å². The van der Waals surface area contributed by atoms with Crippen molar-refractivity contribution in [1.29, 1.82) is 0 Å². The van der Waals surface area contributed by atoms with Crippen molar-refractivity contribution in [2.75, 3.05) is 26.3 Å². The summed E-state index contributed by atoms with van der Waals surface area (Å²) in [6, 6.07) is 1.48. The molecule has 3 aromatic heterocycles. The van der Waals surface area contributed by atoms with Gasteiger partial charge in [-0.15, -0.1) is 5.10 Å². The molecule has 2 amide bonds. The van der Waals surface area contributed by atoms with Crippen LogP contribution in [0.5, 0.6) is 0 Å². The van der Waals surface area contributed by atoms with Crippen LogP contribution in [0.1, 0.15) is 32.2 Å². The Morgan fingerprint density at radius 3 is 2.93 bits per heavy atom. The van der Waals surface area contributed by atoms with E-state index in [4.69, 9.17) is 4.74 Å². The minimum Gasteiger partial charge on any atom is -0.377 e. The smallest absolute Gasteiger partial charge is 0.273 e. The SMILES string of the molecule is Cc1nc2ccnn2cc1C(=O)N1CCOCC1CNC(=O)c1nnn(C)c1C. The fraction of sp³-hybridized carbons (Fsp3) is 0.444. The molecular formula is C18H22N8O3. The second-order valence-corrected chi connectivity index (χ2v) is 6.96. The molecular weight excluding hydrogens is 376 g/mol. The van der Waals surface area contributed by atoms with Gasteiger partial charge in [-0.2, -0.15) is 5.10 Å². The summed E-state index contributed by atoms with van der Waals surface area (Å²) in [6.07, 6.45) is 3.32. The van der Waals surface area contributed by atoms with Gasteiger partial charge in [0.2, 0.25) is 0 Å². The number of hydrogen-bond donors (Lipinski definition) is 1. The van der Waals surface area contributed by atoms with Crippen molar-refractivity contribution in [2.24, 2.45) is 7.05 Å². The zero-order valence-corrected chi connectivity index (χ0v) is 16.5. The van der Waals surface area contributed by atoms with E-state index in [2.05, 4.69) is 25.7 Å². The molecule has 1 unspecified atom stereocenters. The van der Waals surface area contributed by atoms with Gasteiger partial charge in [0.05, 0.1) is 42.4 Å². The average Bonchev–Trinajstić information content (AvgIpc) is 3.31. The summed E-state index contributed by atoms with van der Waals surface area (Å²) in [4.78, 5) is 31.8. The quantitative estimate of drug-likeness (QED) is 0.643. The molecule has 0 radical (unpaired) electrons. The molecule has 11 heteroatoms. The van der Waals surface area contributed by atoms with Gasteiger partial charge in [0.25, 0.3) is 11.8 Å². The summed E-state index contributed by atoms with van der Waals surface area (Å²) >= 11 is 0. The molecule has 1 saturated heterocycles. The highest BCUT2D eigenvalue weighted by atomic mass is 16.5. The summed E-state index contributed by atoms with van der Waals surface area (Å²) in [7, 11) is 1.72. The molecule has 3 aromatic rings. The van der Waals surface area contributed by atoms with Crippen LogP contribution in [0, 0.1) is 13.8 Å². The van der Waals surface area contributed by atoms with Crippen LogP contribution in [-0.4, -0.2) is 78.7 Å². The van der Waals surface area contributed by atoms with E-state index in [1.54, 1.807) is 48.8 Å². The van der Waals surface area contributed by atoms with E-state index in [9.17, 15) is 9.59 Å². The molecule has 0 saturated carbocycles. The summed E-state index contributed by atoms with van der Waals surface area (Å²) in [5.74, 6) is -0.491. The predicted octanol–water partition coefficient (Wildman–Crippen LogP) is -0.254. The monoisotopic (exact) mass is 398 g/mol. The largest absolute Gasteiger partial charge is 0.377 e. The fourth-order valence-electron chi connectivity index (χ4n) is 3.31. The molecule has 0 aliphatic carbocycles. The molecule has 1 aliphatic heterocycles. The van der Waals surface area contributed by atoms with E-state index in [-0.39, 0.29) is 30.1 Å². The Balaban J connectivity index is 1.50. The zero-order chi connectivity index (χ0) is 20.5. The zero-order valence-electron chi connectivity index (χ0n) is 16.5. The minimum absolute atomic E-state index is 0.161. The predicted molar refractivity (Wildman–Crippen MR) is 101 cm³/mol. The van der Waals surface area contributed by atoms with Gasteiger partial charge in [0.15, 0.2) is 11.3 Å². The van der Waals surface area contributed by atoms with Crippen molar-refractivity contribution in [3.05, 3.63) is 41.1 Å². The van der Waals surface area contributed by atoms with E-state index >= 15 is 0 Å². The number of nitrogens with zero attached hydrogens (tertiary/aromatic N) is 7. The Bertz CT molecular complexity index is 1070. The summed E-state index contributed by atoms with van der Waals surface area (Å²) < 4.78 is 8.66. The number of carbonyl (C=O) groups excluding carboxylic acids is 2. The summed E-state index contributed by atoms with van der Waals surface area (Å²) in [6.45, 7) is 5.03. The molecule has 0 bridgehead atoms. The third-order valence-corrected chi connectivity index (χ3v) is 5.11. The Morgan fingerprint density at radius 1 is 1.34 bits per heavy atom. The number of rotatable bonds is 4. The van der Waals surface area contributed by atoms with Crippen LogP contribution in [0.3, 0.4) is 0 Å².